The number of anilines is 1. The fraction of sp³-hybridized carbons (Fsp3) is 0.0833. The van der Waals surface area contributed by atoms with Crippen LogP contribution in [0.2, 0.25) is 5.02 Å². The molecule has 35 heavy (non-hydrogen) atoms. The van der Waals surface area contributed by atoms with Gasteiger partial charge in [0.2, 0.25) is 0 Å². The summed E-state index contributed by atoms with van der Waals surface area (Å²) in [7, 11) is 1.42. The predicted octanol–water partition coefficient (Wildman–Crippen LogP) is 5.06. The van der Waals surface area contributed by atoms with Crippen molar-refractivity contribution in [1.82, 2.24) is 5.43 Å². The highest BCUT2D eigenvalue weighted by Gasteiger charge is 2.34. The quantitative estimate of drug-likeness (QED) is 0.188. The van der Waals surface area contributed by atoms with Crippen molar-refractivity contribution in [2.45, 2.75) is 6.61 Å². The molecule has 1 heterocycles. The minimum absolute atomic E-state index is 0.00242. The second kappa shape index (κ2) is 10.2. The van der Waals surface area contributed by atoms with Gasteiger partial charge < -0.3 is 9.47 Å². The number of nitro benzene ring substituents is 1. The zero-order valence-corrected chi connectivity index (χ0v) is 20.5. The van der Waals surface area contributed by atoms with Gasteiger partial charge in [-0.05, 0) is 51.3 Å². The Hall–Kier alpha value is -3.89. The van der Waals surface area contributed by atoms with Gasteiger partial charge in [-0.1, -0.05) is 41.9 Å². The van der Waals surface area contributed by atoms with Gasteiger partial charge in [-0.15, -0.1) is 0 Å². The van der Waals surface area contributed by atoms with E-state index in [0.29, 0.717) is 21.3 Å². The Kier molecular flexibility index (Phi) is 7.04. The Balaban J connectivity index is 1.63. The summed E-state index contributed by atoms with van der Waals surface area (Å²) in [6.07, 6.45) is 1.41. The van der Waals surface area contributed by atoms with E-state index in [4.69, 9.17) is 21.1 Å². The number of hydrogen-bond acceptors (Lipinski definition) is 6. The molecule has 178 valence electrons. The van der Waals surface area contributed by atoms with Crippen molar-refractivity contribution in [3.8, 4) is 11.5 Å². The highest BCUT2D eigenvalue weighted by molar-refractivity contribution is 9.10. The molecule has 0 saturated carbocycles. The van der Waals surface area contributed by atoms with Crippen molar-refractivity contribution in [2.75, 3.05) is 12.1 Å². The van der Waals surface area contributed by atoms with Gasteiger partial charge in [0.05, 0.1) is 17.7 Å². The van der Waals surface area contributed by atoms with Crippen LogP contribution in [-0.2, 0) is 16.2 Å². The van der Waals surface area contributed by atoms with Gasteiger partial charge in [-0.2, -0.15) is 0 Å². The van der Waals surface area contributed by atoms with Crippen LogP contribution in [0.1, 0.15) is 11.1 Å². The number of non-ortho nitro benzene ring substituents is 1. The summed E-state index contributed by atoms with van der Waals surface area (Å²) in [4.78, 5) is 35.9. The van der Waals surface area contributed by atoms with Gasteiger partial charge in [-0.25, -0.2) is 5.01 Å². The van der Waals surface area contributed by atoms with Crippen LogP contribution in [0.15, 0.2) is 70.7 Å². The average molecular weight is 559 g/mol. The Labute approximate surface area is 213 Å². The number of halogens is 2. The zero-order valence-electron chi connectivity index (χ0n) is 18.2. The molecule has 1 aliphatic rings. The second-order valence-electron chi connectivity index (χ2n) is 7.32. The minimum Gasteiger partial charge on any atom is -0.493 e. The molecule has 0 unspecified atom stereocenters. The molecular weight excluding hydrogens is 542 g/mol. The SMILES string of the molecule is COc1cc(/C=C2/C(=O)NN(c3ccccc3)C2=O)c(Br)c(Cl)c1OCc1cccc([N+](=O)[O-])c1. The van der Waals surface area contributed by atoms with E-state index < -0.39 is 16.7 Å². The van der Waals surface area contributed by atoms with Crippen LogP contribution in [-0.4, -0.2) is 23.8 Å². The number of nitrogens with zero attached hydrogens (tertiary/aromatic N) is 2. The number of amides is 2. The van der Waals surface area contributed by atoms with Gasteiger partial charge in [0.1, 0.15) is 17.2 Å². The molecule has 1 fully saturated rings. The van der Waals surface area contributed by atoms with E-state index in [1.54, 1.807) is 48.5 Å². The highest BCUT2D eigenvalue weighted by Crippen LogP contribution is 2.44. The summed E-state index contributed by atoms with van der Waals surface area (Å²) in [6.45, 7) is -0.00242. The van der Waals surface area contributed by atoms with Gasteiger partial charge >= 0.3 is 0 Å². The largest absolute Gasteiger partial charge is 0.493 e. The first-order valence-corrected chi connectivity index (χ1v) is 11.3. The third kappa shape index (κ3) is 4.98. The Bertz CT molecular complexity index is 1360. The van der Waals surface area contributed by atoms with Gasteiger partial charge in [-0.3, -0.25) is 25.1 Å². The van der Waals surface area contributed by atoms with Crippen LogP contribution < -0.4 is 19.9 Å². The van der Waals surface area contributed by atoms with Crippen LogP contribution in [0.3, 0.4) is 0 Å². The molecule has 0 spiro atoms. The van der Waals surface area contributed by atoms with Crippen LogP contribution in [0.25, 0.3) is 6.08 Å². The second-order valence-corrected chi connectivity index (χ2v) is 8.49. The molecule has 3 aromatic rings. The van der Waals surface area contributed by atoms with Crippen molar-refractivity contribution >= 4 is 56.8 Å². The average Bonchev–Trinajstić information content (AvgIpc) is 3.15. The van der Waals surface area contributed by atoms with E-state index in [-0.39, 0.29) is 34.4 Å². The summed E-state index contributed by atoms with van der Waals surface area (Å²) in [5.74, 6) is -0.634. The van der Waals surface area contributed by atoms with E-state index in [9.17, 15) is 19.7 Å². The number of benzene rings is 3. The number of methoxy groups -OCH3 is 1. The number of para-hydroxylation sites is 1. The first-order chi connectivity index (χ1) is 16.8. The Morgan fingerprint density at radius 1 is 1.14 bits per heavy atom. The van der Waals surface area contributed by atoms with Gasteiger partial charge in [0.25, 0.3) is 17.5 Å². The molecule has 3 aromatic carbocycles. The number of carbonyl (C=O) groups excluding carboxylic acids is 2. The maximum Gasteiger partial charge on any atom is 0.282 e. The maximum absolute atomic E-state index is 12.9. The molecule has 0 atom stereocenters. The standard InChI is InChI=1S/C24H17BrClN3O6/c1-34-19-12-15(11-18-23(30)27-28(24(18)31)16-7-3-2-4-8-16)20(25)21(26)22(19)35-13-14-6-5-9-17(10-14)29(32)33/h2-12H,13H2,1H3,(H,27,30)/b18-11-. The molecule has 0 aliphatic carbocycles. The first kappa shape index (κ1) is 24.2. The fourth-order valence-electron chi connectivity index (χ4n) is 3.38. The lowest BCUT2D eigenvalue weighted by atomic mass is 10.1. The van der Waals surface area contributed by atoms with E-state index >= 15 is 0 Å². The monoisotopic (exact) mass is 557 g/mol. The first-order valence-electron chi connectivity index (χ1n) is 10.1. The zero-order chi connectivity index (χ0) is 25.1. The Morgan fingerprint density at radius 2 is 1.89 bits per heavy atom. The fourth-order valence-corrected chi connectivity index (χ4v) is 4.05. The van der Waals surface area contributed by atoms with Crippen LogP contribution in [0, 0.1) is 10.1 Å². The van der Waals surface area contributed by atoms with E-state index in [1.807, 2.05) is 0 Å². The third-order valence-corrected chi connectivity index (χ3v) is 6.53. The van der Waals surface area contributed by atoms with Crippen LogP contribution >= 0.6 is 27.5 Å². The topological polar surface area (TPSA) is 111 Å². The highest BCUT2D eigenvalue weighted by atomic mass is 79.9. The minimum atomic E-state index is -0.563. The number of carbonyl (C=O) groups is 2. The molecule has 4 rings (SSSR count). The van der Waals surface area contributed by atoms with Crippen molar-refractivity contribution in [3.05, 3.63) is 97.0 Å². The number of rotatable bonds is 7. The maximum atomic E-state index is 12.9. The lowest BCUT2D eigenvalue weighted by Gasteiger charge is -2.15. The predicted molar refractivity (Wildman–Crippen MR) is 133 cm³/mol. The molecule has 11 heteroatoms. The summed E-state index contributed by atoms with van der Waals surface area (Å²) >= 11 is 9.93. The molecule has 1 N–H and O–H groups in total. The van der Waals surface area contributed by atoms with Gasteiger partial charge in [0, 0.05) is 16.6 Å². The van der Waals surface area contributed by atoms with Crippen molar-refractivity contribution in [1.29, 1.82) is 0 Å². The molecular formula is C24H17BrClN3O6. The molecule has 0 aromatic heterocycles. The molecule has 0 bridgehead atoms. The third-order valence-electron chi connectivity index (χ3n) is 5.09. The summed E-state index contributed by atoms with van der Waals surface area (Å²) in [5, 5.41) is 12.3. The van der Waals surface area contributed by atoms with E-state index in [2.05, 4.69) is 21.4 Å². The lowest BCUT2D eigenvalue weighted by Crippen LogP contribution is -2.35. The lowest BCUT2D eigenvalue weighted by molar-refractivity contribution is -0.384. The summed E-state index contributed by atoms with van der Waals surface area (Å²) in [6, 6.07) is 16.3. The van der Waals surface area contributed by atoms with Gasteiger partial charge in [0.15, 0.2) is 11.5 Å². The molecule has 0 radical (unpaired) electrons. The smallest absolute Gasteiger partial charge is 0.282 e. The molecule has 2 amide bonds. The van der Waals surface area contributed by atoms with E-state index in [1.165, 1.54) is 25.3 Å². The normalized spacial score (nSPS) is 14.3. The van der Waals surface area contributed by atoms with Crippen molar-refractivity contribution < 1.29 is 24.0 Å². The van der Waals surface area contributed by atoms with Crippen molar-refractivity contribution in [2.24, 2.45) is 0 Å². The molecule has 1 saturated heterocycles. The number of nitrogens with one attached hydrogen (secondary N) is 1. The number of ether oxygens (including phenoxy) is 2. The van der Waals surface area contributed by atoms with Crippen LogP contribution in [0.5, 0.6) is 11.5 Å². The molecule has 1 aliphatic heterocycles. The molecule has 9 nitrogen and oxygen atoms in total. The Morgan fingerprint density at radius 3 is 2.57 bits per heavy atom. The number of nitro groups is 1. The number of hydrogen-bond donors (Lipinski definition) is 1. The van der Waals surface area contributed by atoms with Crippen LogP contribution in [0.4, 0.5) is 11.4 Å². The van der Waals surface area contributed by atoms with E-state index in [0.717, 1.165) is 5.01 Å². The summed E-state index contributed by atoms with van der Waals surface area (Å²) < 4.78 is 11.6. The summed E-state index contributed by atoms with van der Waals surface area (Å²) in [5.41, 5.74) is 3.90. The van der Waals surface area contributed by atoms with Crippen molar-refractivity contribution in [3.63, 3.8) is 0 Å². The number of hydrazine groups is 1.